The monoisotopic (exact) mass is 233 g/mol. The van der Waals surface area contributed by atoms with Gasteiger partial charge in [0.05, 0.1) is 6.42 Å². The lowest BCUT2D eigenvalue weighted by atomic mass is 9.99. The molecule has 1 saturated heterocycles. The Morgan fingerprint density at radius 2 is 2.53 bits per heavy atom. The maximum atomic E-state index is 11.9. The predicted octanol–water partition coefficient (Wildman–Crippen LogP) is 0.881. The zero-order valence-electron chi connectivity index (χ0n) is 10.1. The first-order valence-corrected chi connectivity index (χ1v) is 6.17. The lowest BCUT2D eigenvalue weighted by molar-refractivity contribution is -0.121. The molecule has 0 aliphatic carbocycles. The number of piperidine rings is 1. The van der Waals surface area contributed by atoms with Crippen LogP contribution < -0.4 is 10.6 Å². The average molecular weight is 233 g/mol. The second kappa shape index (κ2) is 5.77. The number of aromatic nitrogens is 1. The Balaban J connectivity index is 1.84. The van der Waals surface area contributed by atoms with Crippen molar-refractivity contribution in [1.82, 2.24) is 15.6 Å². The predicted molar refractivity (Wildman–Crippen MR) is 66.6 cm³/mol. The third kappa shape index (κ3) is 3.53. The van der Waals surface area contributed by atoms with E-state index in [-0.39, 0.29) is 11.9 Å². The summed E-state index contributed by atoms with van der Waals surface area (Å²) in [5.74, 6) is 0.0820. The van der Waals surface area contributed by atoms with Crippen LogP contribution in [0, 0.1) is 0 Å². The fourth-order valence-electron chi connectivity index (χ4n) is 2.19. The van der Waals surface area contributed by atoms with Crippen LogP contribution >= 0.6 is 0 Å². The minimum Gasteiger partial charge on any atom is -0.352 e. The number of carbonyl (C=O) groups is 1. The molecule has 1 amide bonds. The van der Waals surface area contributed by atoms with Gasteiger partial charge in [-0.3, -0.25) is 9.78 Å². The molecule has 0 bridgehead atoms. The molecule has 1 aromatic rings. The molecule has 4 heteroatoms. The summed E-state index contributed by atoms with van der Waals surface area (Å²) < 4.78 is 0. The van der Waals surface area contributed by atoms with Crippen LogP contribution in [0.2, 0.25) is 0 Å². The zero-order chi connectivity index (χ0) is 12.1. The molecule has 1 aliphatic heterocycles. The van der Waals surface area contributed by atoms with Gasteiger partial charge in [0.2, 0.25) is 5.91 Å². The molecule has 0 saturated carbocycles. The quantitative estimate of drug-likeness (QED) is 0.815. The van der Waals surface area contributed by atoms with E-state index in [0.29, 0.717) is 12.5 Å². The smallest absolute Gasteiger partial charge is 0.224 e. The van der Waals surface area contributed by atoms with Gasteiger partial charge in [0.1, 0.15) is 0 Å². The first-order chi connectivity index (χ1) is 8.25. The maximum Gasteiger partial charge on any atom is 0.224 e. The van der Waals surface area contributed by atoms with Crippen molar-refractivity contribution >= 4 is 5.91 Å². The van der Waals surface area contributed by atoms with Crippen LogP contribution in [-0.4, -0.2) is 29.5 Å². The fraction of sp³-hybridized carbons (Fsp3) is 0.538. The number of nitrogens with zero attached hydrogens (tertiary/aromatic N) is 1. The molecule has 2 heterocycles. The van der Waals surface area contributed by atoms with Crippen molar-refractivity contribution in [3.63, 3.8) is 0 Å². The number of hydrogen-bond acceptors (Lipinski definition) is 3. The summed E-state index contributed by atoms with van der Waals surface area (Å²) in [7, 11) is 0. The molecule has 4 nitrogen and oxygen atoms in total. The molecule has 92 valence electrons. The Labute approximate surface area is 102 Å². The third-order valence-corrected chi connectivity index (χ3v) is 3.20. The highest BCUT2D eigenvalue weighted by atomic mass is 16.1. The van der Waals surface area contributed by atoms with E-state index < -0.39 is 0 Å². The van der Waals surface area contributed by atoms with Crippen LogP contribution in [0.15, 0.2) is 24.5 Å². The van der Waals surface area contributed by atoms with Crippen molar-refractivity contribution in [1.29, 1.82) is 0 Å². The minimum absolute atomic E-state index is 0.0820. The molecular formula is C13H19N3O. The average Bonchev–Trinajstić information content (AvgIpc) is 2.33. The third-order valence-electron chi connectivity index (χ3n) is 3.20. The minimum atomic E-state index is 0.0820. The summed E-state index contributed by atoms with van der Waals surface area (Å²) in [4.78, 5) is 15.9. The molecule has 17 heavy (non-hydrogen) atoms. The summed E-state index contributed by atoms with van der Waals surface area (Å²) in [6, 6.07) is 4.40. The number of nitrogens with one attached hydrogen (secondary N) is 2. The number of hydrogen-bond donors (Lipinski definition) is 2. The van der Waals surface area contributed by atoms with Crippen LogP contribution in [0.1, 0.15) is 25.3 Å². The largest absolute Gasteiger partial charge is 0.352 e. The lowest BCUT2D eigenvalue weighted by Gasteiger charge is -2.30. The van der Waals surface area contributed by atoms with Gasteiger partial charge in [-0.25, -0.2) is 0 Å². The van der Waals surface area contributed by atoms with Gasteiger partial charge in [-0.1, -0.05) is 6.07 Å². The number of rotatable bonds is 3. The van der Waals surface area contributed by atoms with E-state index in [4.69, 9.17) is 0 Å². The van der Waals surface area contributed by atoms with E-state index in [1.54, 1.807) is 12.4 Å². The number of amides is 1. The van der Waals surface area contributed by atoms with Crippen LogP contribution in [0.4, 0.5) is 0 Å². The van der Waals surface area contributed by atoms with Gasteiger partial charge in [0, 0.05) is 24.5 Å². The first-order valence-electron chi connectivity index (χ1n) is 6.17. The second-order valence-corrected chi connectivity index (χ2v) is 4.60. The topological polar surface area (TPSA) is 54.0 Å². The molecule has 2 unspecified atom stereocenters. The number of pyridine rings is 1. The van der Waals surface area contributed by atoms with Crippen molar-refractivity contribution in [2.24, 2.45) is 0 Å². The van der Waals surface area contributed by atoms with Gasteiger partial charge in [-0.05, 0) is 37.9 Å². The standard InChI is InChI=1S/C13H19N3O/c1-10-12(5-3-7-15-10)16-13(17)8-11-4-2-6-14-9-11/h2,4,6,9-10,12,15H,3,5,7-8H2,1H3,(H,16,17). The Hall–Kier alpha value is -1.42. The van der Waals surface area contributed by atoms with Crippen molar-refractivity contribution < 1.29 is 4.79 Å². The Morgan fingerprint density at radius 3 is 3.24 bits per heavy atom. The summed E-state index contributed by atoms with van der Waals surface area (Å²) in [5.41, 5.74) is 0.960. The van der Waals surface area contributed by atoms with Crippen LogP contribution in [0.25, 0.3) is 0 Å². The van der Waals surface area contributed by atoms with E-state index in [1.807, 2.05) is 12.1 Å². The van der Waals surface area contributed by atoms with E-state index in [2.05, 4.69) is 22.5 Å². The molecule has 2 rings (SSSR count). The Kier molecular flexibility index (Phi) is 4.09. The summed E-state index contributed by atoms with van der Waals surface area (Å²) >= 11 is 0. The van der Waals surface area contributed by atoms with Gasteiger partial charge in [0.15, 0.2) is 0 Å². The van der Waals surface area contributed by atoms with Gasteiger partial charge in [-0.15, -0.1) is 0 Å². The van der Waals surface area contributed by atoms with Crippen molar-refractivity contribution in [3.8, 4) is 0 Å². The van der Waals surface area contributed by atoms with Gasteiger partial charge in [0.25, 0.3) is 0 Å². The molecule has 1 aromatic heterocycles. The van der Waals surface area contributed by atoms with E-state index >= 15 is 0 Å². The van der Waals surface area contributed by atoms with E-state index in [0.717, 1.165) is 24.9 Å². The molecular weight excluding hydrogens is 214 g/mol. The Bertz CT molecular complexity index is 366. The number of carbonyl (C=O) groups excluding carboxylic acids is 1. The highest BCUT2D eigenvalue weighted by Crippen LogP contribution is 2.08. The Morgan fingerprint density at radius 1 is 1.65 bits per heavy atom. The second-order valence-electron chi connectivity index (χ2n) is 4.60. The van der Waals surface area contributed by atoms with Crippen molar-refractivity contribution in [2.75, 3.05) is 6.54 Å². The van der Waals surface area contributed by atoms with E-state index in [1.165, 1.54) is 0 Å². The van der Waals surface area contributed by atoms with Gasteiger partial charge >= 0.3 is 0 Å². The molecule has 0 spiro atoms. The SMILES string of the molecule is CC1NCCCC1NC(=O)Cc1cccnc1. The van der Waals surface area contributed by atoms with Gasteiger partial charge in [-0.2, -0.15) is 0 Å². The lowest BCUT2D eigenvalue weighted by Crippen LogP contribution is -2.52. The molecule has 0 radical (unpaired) electrons. The molecule has 0 aromatic carbocycles. The van der Waals surface area contributed by atoms with Gasteiger partial charge < -0.3 is 10.6 Å². The molecule has 1 fully saturated rings. The molecule has 1 aliphatic rings. The highest BCUT2D eigenvalue weighted by Gasteiger charge is 2.22. The fourth-order valence-corrected chi connectivity index (χ4v) is 2.19. The van der Waals surface area contributed by atoms with Crippen molar-refractivity contribution in [2.45, 2.75) is 38.3 Å². The van der Waals surface area contributed by atoms with Crippen molar-refractivity contribution in [3.05, 3.63) is 30.1 Å². The molecule has 2 N–H and O–H groups in total. The normalized spacial score (nSPS) is 24.3. The zero-order valence-corrected chi connectivity index (χ0v) is 10.1. The van der Waals surface area contributed by atoms with Crippen LogP contribution in [0.3, 0.4) is 0 Å². The van der Waals surface area contributed by atoms with Crippen LogP contribution in [0.5, 0.6) is 0 Å². The van der Waals surface area contributed by atoms with Crippen LogP contribution in [-0.2, 0) is 11.2 Å². The first kappa shape index (κ1) is 12.0. The molecule has 2 atom stereocenters. The summed E-state index contributed by atoms with van der Waals surface area (Å²) in [5, 5.41) is 6.46. The maximum absolute atomic E-state index is 11.9. The highest BCUT2D eigenvalue weighted by molar-refractivity contribution is 5.78. The summed E-state index contributed by atoms with van der Waals surface area (Å²) in [6.45, 7) is 3.17. The summed E-state index contributed by atoms with van der Waals surface area (Å²) in [6.07, 6.45) is 6.06. The van der Waals surface area contributed by atoms with E-state index in [9.17, 15) is 4.79 Å².